The molecule has 0 bridgehead atoms. The van der Waals surface area contributed by atoms with E-state index in [1.165, 1.54) is 17.6 Å². The Labute approximate surface area is 171 Å². The van der Waals surface area contributed by atoms with Gasteiger partial charge in [-0.05, 0) is 54.7 Å². The van der Waals surface area contributed by atoms with E-state index in [2.05, 4.69) is 16.5 Å². The summed E-state index contributed by atoms with van der Waals surface area (Å²) in [5, 5.41) is 16.2. The number of rotatable bonds is 8. The Kier molecular flexibility index (Phi) is 6.81. The van der Waals surface area contributed by atoms with Crippen molar-refractivity contribution in [3.8, 4) is 11.8 Å². The Hall–Kier alpha value is -3.38. The number of nitrogens with one attached hydrogen (secondary N) is 1. The number of thiophene rings is 1. The first kappa shape index (κ1) is 20.4. The van der Waals surface area contributed by atoms with Crippen LogP contribution < -0.4 is 10.1 Å². The fraction of sp³-hybridized carbons (Fsp3) is 0.300. The molecule has 1 aromatic heterocycles. The van der Waals surface area contributed by atoms with E-state index >= 15 is 0 Å². The smallest absolute Gasteiger partial charge is 0.347 e. The highest BCUT2D eigenvalue weighted by molar-refractivity contribution is 7.16. The number of oxime groups is 1. The lowest BCUT2D eigenvalue weighted by molar-refractivity contribution is -0.151. The van der Waals surface area contributed by atoms with Gasteiger partial charge in [-0.15, -0.1) is 11.3 Å². The van der Waals surface area contributed by atoms with Crippen molar-refractivity contribution in [2.75, 3.05) is 25.6 Å². The molecule has 0 spiro atoms. The maximum Gasteiger partial charge on any atom is 0.347 e. The van der Waals surface area contributed by atoms with Crippen LogP contribution in [-0.2, 0) is 32.0 Å². The van der Waals surface area contributed by atoms with E-state index in [9.17, 15) is 14.9 Å². The van der Waals surface area contributed by atoms with Gasteiger partial charge in [-0.2, -0.15) is 5.26 Å². The number of aryl methyl sites for hydroxylation is 1. The van der Waals surface area contributed by atoms with Gasteiger partial charge in [0.2, 0.25) is 6.61 Å². The summed E-state index contributed by atoms with van der Waals surface area (Å²) in [6, 6.07) is 9.25. The fourth-order valence-corrected chi connectivity index (χ4v) is 4.10. The zero-order chi connectivity index (χ0) is 20.6. The molecule has 29 heavy (non-hydrogen) atoms. The maximum atomic E-state index is 12.0. The Morgan fingerprint density at radius 3 is 2.79 bits per heavy atom. The van der Waals surface area contributed by atoms with Gasteiger partial charge >= 0.3 is 5.97 Å². The van der Waals surface area contributed by atoms with E-state index in [4.69, 9.17) is 14.3 Å². The molecule has 1 N–H and O–H groups in total. The van der Waals surface area contributed by atoms with E-state index in [1.807, 2.05) is 0 Å². The molecule has 0 unspecified atom stereocenters. The lowest BCUT2D eigenvalue weighted by Crippen LogP contribution is -2.22. The van der Waals surface area contributed by atoms with Gasteiger partial charge in [0.1, 0.15) is 16.8 Å². The summed E-state index contributed by atoms with van der Waals surface area (Å²) >= 11 is 1.41. The molecule has 150 valence electrons. The summed E-state index contributed by atoms with van der Waals surface area (Å²) in [5.41, 5.74) is 2.31. The SMILES string of the molecule is COc1ccc(/C=N\OCC(=O)OCC(=O)Nc2sc3c(c2C#N)CCC3)cc1. The van der Waals surface area contributed by atoms with Crippen LogP contribution in [0, 0.1) is 11.3 Å². The summed E-state index contributed by atoms with van der Waals surface area (Å²) < 4.78 is 9.92. The van der Waals surface area contributed by atoms with Crippen LogP contribution in [0.25, 0.3) is 0 Å². The molecule has 0 saturated carbocycles. The van der Waals surface area contributed by atoms with Gasteiger partial charge in [-0.25, -0.2) is 4.79 Å². The Balaban J connectivity index is 1.39. The molecule has 1 amide bonds. The maximum absolute atomic E-state index is 12.0. The van der Waals surface area contributed by atoms with Gasteiger partial charge in [0.25, 0.3) is 5.91 Å². The Morgan fingerprint density at radius 1 is 1.28 bits per heavy atom. The third-order valence-corrected chi connectivity index (χ3v) is 5.43. The van der Waals surface area contributed by atoms with Crippen molar-refractivity contribution >= 4 is 34.4 Å². The normalized spacial score (nSPS) is 12.3. The molecule has 1 aromatic carbocycles. The van der Waals surface area contributed by atoms with Gasteiger partial charge in [-0.3, -0.25) is 4.79 Å². The zero-order valence-electron chi connectivity index (χ0n) is 15.8. The first-order valence-electron chi connectivity index (χ1n) is 8.90. The summed E-state index contributed by atoms with van der Waals surface area (Å²) in [6.45, 7) is -0.880. The van der Waals surface area contributed by atoms with Crippen LogP contribution in [0.15, 0.2) is 29.4 Å². The van der Waals surface area contributed by atoms with Crippen LogP contribution in [0.1, 0.15) is 28.0 Å². The quantitative estimate of drug-likeness (QED) is 0.405. The van der Waals surface area contributed by atoms with Crippen LogP contribution in [-0.4, -0.2) is 38.4 Å². The highest BCUT2D eigenvalue weighted by Crippen LogP contribution is 2.38. The zero-order valence-corrected chi connectivity index (χ0v) is 16.6. The number of methoxy groups -OCH3 is 1. The lowest BCUT2D eigenvalue weighted by Gasteiger charge is -2.05. The average molecular weight is 413 g/mol. The minimum Gasteiger partial charge on any atom is -0.497 e. The van der Waals surface area contributed by atoms with Gasteiger partial charge in [0.05, 0.1) is 18.9 Å². The number of carbonyl (C=O) groups is 2. The number of nitrogens with zero attached hydrogens (tertiary/aromatic N) is 2. The summed E-state index contributed by atoms with van der Waals surface area (Å²) in [7, 11) is 1.58. The number of anilines is 1. The molecule has 1 heterocycles. The number of ether oxygens (including phenoxy) is 2. The molecule has 1 aliphatic rings. The molecule has 0 fully saturated rings. The van der Waals surface area contributed by atoms with Gasteiger partial charge < -0.3 is 19.6 Å². The Morgan fingerprint density at radius 2 is 2.07 bits per heavy atom. The number of hydrogen-bond acceptors (Lipinski definition) is 8. The van der Waals surface area contributed by atoms with Gasteiger partial charge in [-0.1, -0.05) is 5.16 Å². The van der Waals surface area contributed by atoms with Crippen molar-refractivity contribution in [3.05, 3.63) is 45.8 Å². The summed E-state index contributed by atoms with van der Waals surface area (Å²) in [4.78, 5) is 29.7. The van der Waals surface area contributed by atoms with Crippen molar-refractivity contribution in [3.63, 3.8) is 0 Å². The summed E-state index contributed by atoms with van der Waals surface area (Å²) in [5.74, 6) is -0.503. The number of benzene rings is 1. The van der Waals surface area contributed by atoms with E-state index in [0.29, 0.717) is 10.6 Å². The first-order chi connectivity index (χ1) is 14.1. The predicted octanol–water partition coefficient (Wildman–Crippen LogP) is 2.65. The molecular formula is C20H19N3O5S. The Bertz CT molecular complexity index is 960. The molecule has 0 radical (unpaired) electrons. The molecule has 1 aliphatic carbocycles. The van der Waals surface area contributed by atoms with Crippen molar-refractivity contribution < 1.29 is 23.9 Å². The minimum absolute atomic E-state index is 0.420. The van der Waals surface area contributed by atoms with E-state index in [1.54, 1.807) is 31.4 Å². The molecule has 9 heteroatoms. The van der Waals surface area contributed by atoms with E-state index in [-0.39, 0.29) is 0 Å². The van der Waals surface area contributed by atoms with E-state index in [0.717, 1.165) is 41.0 Å². The van der Waals surface area contributed by atoms with Gasteiger partial charge in [0.15, 0.2) is 6.61 Å². The van der Waals surface area contributed by atoms with Gasteiger partial charge in [0, 0.05) is 4.88 Å². The number of carbonyl (C=O) groups excluding carboxylic acids is 2. The number of esters is 1. The second-order valence-corrected chi connectivity index (χ2v) is 7.27. The molecule has 2 aromatic rings. The molecule has 0 saturated heterocycles. The third-order valence-electron chi connectivity index (χ3n) is 4.22. The molecule has 3 rings (SSSR count). The van der Waals surface area contributed by atoms with Crippen LogP contribution in [0.3, 0.4) is 0 Å². The molecular weight excluding hydrogens is 394 g/mol. The average Bonchev–Trinajstić information content (AvgIpc) is 3.30. The second kappa shape index (κ2) is 9.71. The highest BCUT2D eigenvalue weighted by atomic mass is 32.1. The molecule has 8 nitrogen and oxygen atoms in total. The van der Waals surface area contributed by atoms with Crippen molar-refractivity contribution in [2.45, 2.75) is 19.3 Å². The van der Waals surface area contributed by atoms with E-state index < -0.39 is 25.1 Å². The highest BCUT2D eigenvalue weighted by Gasteiger charge is 2.23. The largest absolute Gasteiger partial charge is 0.497 e. The predicted molar refractivity (Wildman–Crippen MR) is 107 cm³/mol. The topological polar surface area (TPSA) is 110 Å². The summed E-state index contributed by atoms with van der Waals surface area (Å²) in [6.07, 6.45) is 4.25. The lowest BCUT2D eigenvalue weighted by atomic mass is 10.1. The number of amides is 1. The molecule has 0 atom stereocenters. The van der Waals surface area contributed by atoms with Crippen LogP contribution in [0.2, 0.25) is 0 Å². The van der Waals surface area contributed by atoms with Crippen LogP contribution in [0.5, 0.6) is 5.75 Å². The van der Waals surface area contributed by atoms with Crippen LogP contribution in [0.4, 0.5) is 5.00 Å². The first-order valence-corrected chi connectivity index (χ1v) is 9.72. The number of hydrogen-bond donors (Lipinski definition) is 1. The number of fused-ring (bicyclic) bond motifs is 1. The standard InChI is InChI=1S/C20H19N3O5S/c1-26-14-7-5-13(6-8-14)10-22-28-12-19(25)27-11-18(24)23-20-16(9-21)15-3-2-4-17(15)29-20/h5-8,10H,2-4,11-12H2,1H3,(H,23,24)/b22-10-. The van der Waals surface area contributed by atoms with Crippen molar-refractivity contribution in [1.29, 1.82) is 5.26 Å². The number of nitriles is 1. The monoisotopic (exact) mass is 413 g/mol. The van der Waals surface area contributed by atoms with Crippen LogP contribution >= 0.6 is 11.3 Å². The second-order valence-electron chi connectivity index (χ2n) is 6.16. The minimum atomic E-state index is -0.721. The van der Waals surface area contributed by atoms with Crippen molar-refractivity contribution in [1.82, 2.24) is 0 Å². The van der Waals surface area contributed by atoms with Crippen molar-refractivity contribution in [2.24, 2.45) is 5.16 Å². The fourth-order valence-electron chi connectivity index (χ4n) is 2.84. The third kappa shape index (κ3) is 5.33. The molecule has 0 aliphatic heterocycles.